The molecule has 3 rings (SSSR count). The van der Waals surface area contributed by atoms with Gasteiger partial charge in [0.2, 0.25) is 10.0 Å². The van der Waals surface area contributed by atoms with Gasteiger partial charge in [-0.1, -0.05) is 37.1 Å². The summed E-state index contributed by atoms with van der Waals surface area (Å²) in [7, 11) is -1.58. The van der Waals surface area contributed by atoms with Gasteiger partial charge in [-0.25, -0.2) is 8.42 Å². The number of nitrogens with zero attached hydrogens (tertiary/aromatic N) is 2. The highest BCUT2D eigenvalue weighted by Crippen LogP contribution is 2.18. The Balaban J connectivity index is 0.00000280. The summed E-state index contributed by atoms with van der Waals surface area (Å²) in [5.41, 5.74) is 1.80. The molecule has 1 aromatic carbocycles. The molecule has 0 radical (unpaired) electrons. The van der Waals surface area contributed by atoms with Crippen LogP contribution >= 0.6 is 24.0 Å². The predicted molar refractivity (Wildman–Crippen MR) is 122 cm³/mol. The van der Waals surface area contributed by atoms with Gasteiger partial charge in [0.15, 0.2) is 5.96 Å². The molecule has 9 heteroatoms. The van der Waals surface area contributed by atoms with E-state index in [1.54, 1.807) is 7.05 Å². The highest BCUT2D eigenvalue weighted by atomic mass is 127. The zero-order valence-corrected chi connectivity index (χ0v) is 19.5. The number of guanidine groups is 1. The van der Waals surface area contributed by atoms with E-state index < -0.39 is 10.0 Å². The van der Waals surface area contributed by atoms with E-state index in [9.17, 15) is 8.42 Å². The van der Waals surface area contributed by atoms with Crippen LogP contribution in [0.5, 0.6) is 0 Å². The number of benzene rings is 1. The third-order valence-electron chi connectivity index (χ3n) is 5.19. The topological polar surface area (TPSA) is 83.0 Å². The maximum atomic E-state index is 12.7. The van der Waals surface area contributed by atoms with Gasteiger partial charge in [0.25, 0.3) is 0 Å². The normalized spacial score (nSPS) is 19.2. The van der Waals surface area contributed by atoms with Gasteiger partial charge in [-0.15, -0.1) is 24.0 Å². The van der Waals surface area contributed by atoms with Crippen LogP contribution in [0.1, 0.15) is 36.8 Å². The molecule has 2 aliphatic rings. The highest BCUT2D eigenvalue weighted by molar-refractivity contribution is 14.0. The third-order valence-corrected chi connectivity index (χ3v) is 7.01. The second-order valence-corrected chi connectivity index (χ2v) is 9.06. The minimum Gasteiger partial charge on any atom is -0.379 e. The monoisotopic (exact) mass is 522 g/mol. The molecule has 1 heterocycles. The Morgan fingerprint density at radius 3 is 2.46 bits per heavy atom. The standard InChI is InChI=1S/C19H30N4O3S.HI/c1-20-19(22-18-8-4-5-9-18)21-14-16-6-2-3-7-17(16)15-27(24,25)23-10-12-26-13-11-23;/h2-3,6-7,18H,4-5,8-15H2,1H3,(H2,20,21,22);1H. The Labute approximate surface area is 185 Å². The first-order valence-corrected chi connectivity index (χ1v) is 11.3. The molecule has 0 aromatic heterocycles. The van der Waals surface area contributed by atoms with Crippen molar-refractivity contribution in [3.05, 3.63) is 35.4 Å². The molecule has 2 N–H and O–H groups in total. The van der Waals surface area contributed by atoms with Gasteiger partial charge >= 0.3 is 0 Å². The second-order valence-electron chi connectivity index (χ2n) is 7.09. The van der Waals surface area contributed by atoms with E-state index in [4.69, 9.17) is 4.74 Å². The lowest BCUT2D eigenvalue weighted by Crippen LogP contribution is -2.42. The van der Waals surface area contributed by atoms with Gasteiger partial charge in [0.1, 0.15) is 0 Å². The van der Waals surface area contributed by atoms with Crippen molar-refractivity contribution >= 4 is 40.0 Å². The minimum absolute atomic E-state index is 0. The summed E-state index contributed by atoms with van der Waals surface area (Å²) in [6.45, 7) is 2.33. The van der Waals surface area contributed by atoms with Crippen LogP contribution in [0.15, 0.2) is 29.3 Å². The number of aliphatic imine (C=N–C) groups is 1. The van der Waals surface area contributed by atoms with Gasteiger partial charge in [-0.05, 0) is 24.0 Å². The van der Waals surface area contributed by atoms with Crippen molar-refractivity contribution < 1.29 is 13.2 Å². The molecule has 28 heavy (non-hydrogen) atoms. The van der Waals surface area contributed by atoms with E-state index in [0.29, 0.717) is 38.9 Å². The molecule has 1 aromatic rings. The van der Waals surface area contributed by atoms with Crippen LogP contribution in [0.3, 0.4) is 0 Å². The molecule has 0 unspecified atom stereocenters. The lowest BCUT2D eigenvalue weighted by molar-refractivity contribution is 0.0729. The molecule has 0 amide bonds. The number of nitrogens with one attached hydrogen (secondary N) is 2. The number of morpholine rings is 1. The number of ether oxygens (including phenoxy) is 1. The van der Waals surface area contributed by atoms with Crippen molar-refractivity contribution in [3.8, 4) is 0 Å². The van der Waals surface area contributed by atoms with Crippen molar-refractivity contribution in [1.29, 1.82) is 0 Å². The lowest BCUT2D eigenvalue weighted by Gasteiger charge is -2.26. The fourth-order valence-corrected chi connectivity index (χ4v) is 5.18. The SMILES string of the molecule is CN=C(NCc1ccccc1CS(=O)(=O)N1CCOCC1)NC1CCCC1.I. The zero-order chi connectivity index (χ0) is 19.1. The van der Waals surface area contributed by atoms with Crippen LogP contribution in [0, 0.1) is 0 Å². The number of sulfonamides is 1. The summed E-state index contributed by atoms with van der Waals surface area (Å²) < 4.78 is 32.3. The van der Waals surface area contributed by atoms with E-state index >= 15 is 0 Å². The van der Waals surface area contributed by atoms with E-state index in [1.807, 2.05) is 24.3 Å². The zero-order valence-electron chi connectivity index (χ0n) is 16.4. The van der Waals surface area contributed by atoms with Crippen LogP contribution in [0.25, 0.3) is 0 Å². The Kier molecular flexibility index (Phi) is 9.45. The lowest BCUT2D eigenvalue weighted by atomic mass is 10.1. The minimum atomic E-state index is -3.34. The molecule has 0 bridgehead atoms. The summed E-state index contributed by atoms with van der Waals surface area (Å²) in [6, 6.07) is 8.17. The van der Waals surface area contributed by atoms with E-state index in [1.165, 1.54) is 30.0 Å². The van der Waals surface area contributed by atoms with Crippen LogP contribution in [0.4, 0.5) is 0 Å². The fraction of sp³-hybridized carbons (Fsp3) is 0.632. The first kappa shape index (κ1) is 23.4. The molecule has 1 saturated heterocycles. The molecule has 0 atom stereocenters. The maximum Gasteiger partial charge on any atom is 0.218 e. The molecule has 1 aliphatic carbocycles. The van der Waals surface area contributed by atoms with Gasteiger partial charge in [-0.2, -0.15) is 4.31 Å². The maximum absolute atomic E-state index is 12.7. The summed E-state index contributed by atoms with van der Waals surface area (Å²) in [4.78, 5) is 4.30. The molecule has 158 valence electrons. The molecule has 0 spiro atoms. The molecule has 1 saturated carbocycles. The van der Waals surface area contributed by atoms with Gasteiger partial charge in [0, 0.05) is 32.7 Å². The summed E-state index contributed by atoms with van der Waals surface area (Å²) in [5.74, 6) is 0.784. The number of hydrogen-bond donors (Lipinski definition) is 2. The summed E-state index contributed by atoms with van der Waals surface area (Å²) in [5, 5.41) is 6.78. The van der Waals surface area contributed by atoms with E-state index in [2.05, 4.69) is 15.6 Å². The largest absolute Gasteiger partial charge is 0.379 e. The van der Waals surface area contributed by atoms with Crippen LogP contribution < -0.4 is 10.6 Å². The highest BCUT2D eigenvalue weighted by Gasteiger charge is 2.25. The van der Waals surface area contributed by atoms with Gasteiger partial charge in [0.05, 0.1) is 19.0 Å². The van der Waals surface area contributed by atoms with Crippen LogP contribution in [-0.2, 0) is 27.1 Å². The Morgan fingerprint density at radius 1 is 1.18 bits per heavy atom. The summed E-state index contributed by atoms with van der Waals surface area (Å²) >= 11 is 0. The quantitative estimate of drug-likeness (QED) is 0.340. The van der Waals surface area contributed by atoms with E-state index in [0.717, 1.165) is 17.1 Å². The first-order chi connectivity index (χ1) is 13.1. The Morgan fingerprint density at radius 2 is 1.82 bits per heavy atom. The first-order valence-electron chi connectivity index (χ1n) is 9.68. The van der Waals surface area contributed by atoms with Gasteiger partial charge in [-0.3, -0.25) is 4.99 Å². The van der Waals surface area contributed by atoms with Crippen molar-refractivity contribution in [2.24, 2.45) is 4.99 Å². The van der Waals surface area contributed by atoms with Crippen molar-refractivity contribution in [1.82, 2.24) is 14.9 Å². The molecule has 7 nitrogen and oxygen atoms in total. The van der Waals surface area contributed by atoms with Crippen molar-refractivity contribution in [2.75, 3.05) is 33.4 Å². The van der Waals surface area contributed by atoms with Crippen LogP contribution in [-0.4, -0.2) is 58.1 Å². The number of halogens is 1. The second kappa shape index (κ2) is 11.3. The Bertz CT molecular complexity index is 745. The van der Waals surface area contributed by atoms with Crippen molar-refractivity contribution in [2.45, 2.75) is 44.0 Å². The summed E-state index contributed by atoms with van der Waals surface area (Å²) in [6.07, 6.45) is 4.87. The molecule has 1 aliphatic heterocycles. The average Bonchev–Trinajstić information content (AvgIpc) is 3.20. The average molecular weight is 522 g/mol. The third kappa shape index (κ3) is 6.57. The fourth-order valence-electron chi connectivity index (χ4n) is 3.62. The smallest absolute Gasteiger partial charge is 0.218 e. The molecular weight excluding hydrogens is 491 g/mol. The molecule has 2 fully saturated rings. The predicted octanol–water partition coefficient (Wildman–Crippen LogP) is 2.07. The van der Waals surface area contributed by atoms with Crippen LogP contribution in [0.2, 0.25) is 0 Å². The van der Waals surface area contributed by atoms with Crippen molar-refractivity contribution in [3.63, 3.8) is 0 Å². The van der Waals surface area contributed by atoms with Gasteiger partial charge < -0.3 is 15.4 Å². The Hall–Kier alpha value is -0.910. The molecular formula is C19H31IN4O3S. The van der Waals surface area contributed by atoms with E-state index in [-0.39, 0.29) is 29.7 Å². The number of rotatable bonds is 6. The number of hydrogen-bond acceptors (Lipinski definition) is 4.